The van der Waals surface area contributed by atoms with Gasteiger partial charge in [0.1, 0.15) is 11.0 Å². The first-order chi connectivity index (χ1) is 10.1. The van der Waals surface area contributed by atoms with E-state index in [1.807, 2.05) is 7.05 Å². The minimum absolute atomic E-state index is 0.103. The summed E-state index contributed by atoms with van der Waals surface area (Å²) >= 11 is 5.98. The lowest BCUT2D eigenvalue weighted by Crippen LogP contribution is -2.33. The standard InChI is InChI=1S/C14H18ClN5O/c1-19(8-13-16-7-12(15)20(13)2)14(21)9-4-3-5-11-10(9)6-17-18-11/h6-7,9H,3-5,8H2,1-2H3,(H,17,18). The monoisotopic (exact) mass is 307 g/mol. The van der Waals surface area contributed by atoms with Gasteiger partial charge in [0.2, 0.25) is 5.91 Å². The summed E-state index contributed by atoms with van der Waals surface area (Å²) in [5, 5.41) is 7.63. The molecule has 2 aromatic rings. The Bertz CT molecular complexity index is 662. The van der Waals surface area contributed by atoms with Crippen LogP contribution in [0.15, 0.2) is 12.4 Å². The molecule has 0 bridgehead atoms. The lowest BCUT2D eigenvalue weighted by Gasteiger charge is -2.26. The van der Waals surface area contributed by atoms with Gasteiger partial charge in [-0.3, -0.25) is 9.89 Å². The third-order valence-electron chi connectivity index (χ3n) is 4.13. The van der Waals surface area contributed by atoms with Crippen LogP contribution in [0.5, 0.6) is 0 Å². The number of carbonyl (C=O) groups excluding carboxylic acids is 1. The summed E-state index contributed by atoms with van der Waals surface area (Å²) in [4.78, 5) is 18.6. The fourth-order valence-corrected chi connectivity index (χ4v) is 2.99. The van der Waals surface area contributed by atoms with Crippen molar-refractivity contribution in [3.63, 3.8) is 0 Å². The lowest BCUT2D eigenvalue weighted by atomic mass is 9.86. The third kappa shape index (κ3) is 2.55. The maximum Gasteiger partial charge on any atom is 0.230 e. The summed E-state index contributed by atoms with van der Waals surface area (Å²) < 4.78 is 1.79. The van der Waals surface area contributed by atoms with Gasteiger partial charge >= 0.3 is 0 Å². The molecule has 112 valence electrons. The lowest BCUT2D eigenvalue weighted by molar-refractivity contribution is -0.132. The van der Waals surface area contributed by atoms with Gasteiger partial charge in [-0.15, -0.1) is 0 Å². The molecule has 1 aliphatic rings. The van der Waals surface area contributed by atoms with Crippen LogP contribution in [0, 0.1) is 0 Å². The molecule has 0 saturated carbocycles. The van der Waals surface area contributed by atoms with E-state index < -0.39 is 0 Å². The Morgan fingerprint density at radius 2 is 2.38 bits per heavy atom. The Morgan fingerprint density at radius 3 is 3.10 bits per heavy atom. The second-order valence-corrected chi connectivity index (χ2v) is 5.89. The Morgan fingerprint density at radius 1 is 1.57 bits per heavy atom. The van der Waals surface area contributed by atoms with E-state index in [9.17, 15) is 4.79 Å². The molecule has 3 rings (SSSR count). The molecule has 1 N–H and O–H groups in total. The summed E-state index contributed by atoms with van der Waals surface area (Å²) in [6.07, 6.45) is 6.23. The summed E-state index contributed by atoms with van der Waals surface area (Å²) in [5.74, 6) is 0.781. The molecular weight excluding hydrogens is 290 g/mol. The Balaban J connectivity index is 1.75. The molecule has 0 fully saturated rings. The zero-order valence-corrected chi connectivity index (χ0v) is 12.9. The molecule has 21 heavy (non-hydrogen) atoms. The van der Waals surface area contributed by atoms with E-state index in [-0.39, 0.29) is 11.8 Å². The smallest absolute Gasteiger partial charge is 0.230 e. The third-order valence-corrected chi connectivity index (χ3v) is 4.48. The highest BCUT2D eigenvalue weighted by Gasteiger charge is 2.30. The molecule has 2 heterocycles. The highest BCUT2D eigenvalue weighted by atomic mass is 35.5. The zero-order valence-electron chi connectivity index (χ0n) is 12.1. The van der Waals surface area contributed by atoms with E-state index in [4.69, 9.17) is 11.6 Å². The number of imidazole rings is 1. The highest BCUT2D eigenvalue weighted by Crippen LogP contribution is 2.31. The van der Waals surface area contributed by atoms with Crippen molar-refractivity contribution in [2.75, 3.05) is 7.05 Å². The second kappa shape index (κ2) is 5.52. The van der Waals surface area contributed by atoms with Crippen LogP contribution < -0.4 is 0 Å². The molecule has 2 aromatic heterocycles. The number of nitrogens with zero attached hydrogens (tertiary/aromatic N) is 4. The molecule has 1 unspecified atom stereocenters. The number of amides is 1. The van der Waals surface area contributed by atoms with Crippen molar-refractivity contribution in [3.8, 4) is 0 Å². The maximum absolute atomic E-state index is 12.7. The van der Waals surface area contributed by atoms with E-state index in [1.54, 1.807) is 28.9 Å². The molecule has 7 heteroatoms. The van der Waals surface area contributed by atoms with Crippen LogP contribution in [0.25, 0.3) is 0 Å². The van der Waals surface area contributed by atoms with Gasteiger partial charge in [-0.25, -0.2) is 4.98 Å². The summed E-state index contributed by atoms with van der Waals surface area (Å²) in [5.41, 5.74) is 2.13. The van der Waals surface area contributed by atoms with Crippen molar-refractivity contribution >= 4 is 17.5 Å². The minimum atomic E-state index is -0.103. The molecule has 0 radical (unpaired) electrons. The van der Waals surface area contributed by atoms with Crippen LogP contribution in [-0.4, -0.2) is 37.6 Å². The van der Waals surface area contributed by atoms with Crippen molar-refractivity contribution in [1.29, 1.82) is 0 Å². The van der Waals surface area contributed by atoms with Gasteiger partial charge in [0.25, 0.3) is 0 Å². The van der Waals surface area contributed by atoms with Crippen molar-refractivity contribution in [3.05, 3.63) is 34.6 Å². The fraction of sp³-hybridized carbons (Fsp3) is 0.500. The SMILES string of the molecule is CN(Cc1ncc(Cl)n1C)C(=O)C1CCCc2[nH]ncc21. The number of H-pyrrole nitrogens is 1. The van der Waals surface area contributed by atoms with Crippen LogP contribution in [0.4, 0.5) is 0 Å². The quantitative estimate of drug-likeness (QED) is 0.941. The predicted octanol–water partition coefficient (Wildman–Crippen LogP) is 1.88. The molecule has 0 aromatic carbocycles. The number of fused-ring (bicyclic) bond motifs is 1. The van der Waals surface area contributed by atoms with E-state index >= 15 is 0 Å². The zero-order chi connectivity index (χ0) is 15.0. The number of aromatic amines is 1. The number of nitrogens with one attached hydrogen (secondary N) is 1. The van der Waals surface area contributed by atoms with E-state index in [1.165, 1.54) is 0 Å². The first-order valence-corrected chi connectivity index (χ1v) is 7.39. The molecule has 0 saturated heterocycles. The van der Waals surface area contributed by atoms with Crippen LogP contribution in [0.1, 0.15) is 35.8 Å². The largest absolute Gasteiger partial charge is 0.338 e. The van der Waals surface area contributed by atoms with Gasteiger partial charge in [-0.05, 0) is 19.3 Å². The molecule has 1 amide bonds. The molecule has 1 atom stereocenters. The number of aromatic nitrogens is 4. The van der Waals surface area contributed by atoms with Crippen LogP contribution >= 0.6 is 11.6 Å². The van der Waals surface area contributed by atoms with Gasteiger partial charge in [0, 0.05) is 25.4 Å². The predicted molar refractivity (Wildman–Crippen MR) is 79.0 cm³/mol. The molecule has 0 spiro atoms. The average Bonchev–Trinajstić information content (AvgIpc) is 3.08. The van der Waals surface area contributed by atoms with Crippen LogP contribution in [0.3, 0.4) is 0 Å². The number of rotatable bonds is 3. The number of carbonyl (C=O) groups is 1. The number of hydrogen-bond donors (Lipinski definition) is 1. The van der Waals surface area contributed by atoms with Crippen LogP contribution in [0.2, 0.25) is 5.15 Å². The van der Waals surface area contributed by atoms with Gasteiger partial charge in [-0.1, -0.05) is 11.6 Å². The average molecular weight is 308 g/mol. The molecule has 1 aliphatic carbocycles. The summed E-state index contributed by atoms with van der Waals surface area (Å²) in [6.45, 7) is 0.450. The number of halogens is 1. The second-order valence-electron chi connectivity index (χ2n) is 5.50. The first-order valence-electron chi connectivity index (χ1n) is 7.01. The Kier molecular flexibility index (Phi) is 3.71. The molecule has 6 nitrogen and oxygen atoms in total. The van der Waals surface area contributed by atoms with E-state index in [0.29, 0.717) is 11.7 Å². The van der Waals surface area contributed by atoms with Crippen LogP contribution in [-0.2, 0) is 24.8 Å². The van der Waals surface area contributed by atoms with Crippen molar-refractivity contribution < 1.29 is 4.79 Å². The first kappa shape index (κ1) is 14.1. The summed E-state index contributed by atoms with van der Waals surface area (Å²) in [7, 11) is 3.65. The van der Waals surface area contributed by atoms with Crippen molar-refractivity contribution in [2.45, 2.75) is 31.7 Å². The van der Waals surface area contributed by atoms with Gasteiger partial charge < -0.3 is 9.47 Å². The van der Waals surface area contributed by atoms with Gasteiger partial charge in [-0.2, -0.15) is 5.10 Å². The number of hydrogen-bond acceptors (Lipinski definition) is 3. The van der Waals surface area contributed by atoms with Gasteiger partial charge in [0.15, 0.2) is 0 Å². The normalized spacial score (nSPS) is 17.6. The number of aryl methyl sites for hydroxylation is 1. The fourth-order valence-electron chi connectivity index (χ4n) is 2.84. The Labute approximate surface area is 128 Å². The highest BCUT2D eigenvalue weighted by molar-refractivity contribution is 6.29. The molecule has 0 aliphatic heterocycles. The van der Waals surface area contributed by atoms with E-state index in [0.717, 1.165) is 36.3 Å². The van der Waals surface area contributed by atoms with E-state index in [2.05, 4.69) is 15.2 Å². The molecular formula is C14H18ClN5O. The Hall–Kier alpha value is -1.82. The van der Waals surface area contributed by atoms with Crippen molar-refractivity contribution in [1.82, 2.24) is 24.6 Å². The topological polar surface area (TPSA) is 66.8 Å². The maximum atomic E-state index is 12.7. The minimum Gasteiger partial charge on any atom is -0.338 e. The number of likely N-dealkylation sites (N-methyl/N-ethyl adjacent to an activating group) is 1. The summed E-state index contributed by atoms with van der Waals surface area (Å²) in [6, 6.07) is 0. The van der Waals surface area contributed by atoms with Gasteiger partial charge in [0.05, 0.1) is 24.9 Å². The van der Waals surface area contributed by atoms with Crippen molar-refractivity contribution in [2.24, 2.45) is 7.05 Å².